The topological polar surface area (TPSA) is 72.7 Å². The van der Waals surface area contributed by atoms with Crippen molar-refractivity contribution < 1.29 is 9.18 Å². The third-order valence-corrected chi connectivity index (χ3v) is 4.16. The molecule has 1 N–H and O–H groups in total. The Morgan fingerprint density at radius 1 is 1.27 bits per heavy atom. The van der Waals surface area contributed by atoms with E-state index < -0.39 is 5.82 Å². The van der Waals surface area contributed by atoms with Crippen LogP contribution in [0.3, 0.4) is 0 Å². The van der Waals surface area contributed by atoms with Crippen LogP contribution in [0.1, 0.15) is 31.0 Å². The van der Waals surface area contributed by atoms with Crippen LogP contribution < -0.4 is 5.32 Å². The summed E-state index contributed by atoms with van der Waals surface area (Å²) in [7, 11) is 0. The molecule has 2 heterocycles. The largest absolute Gasteiger partial charge is 0.348 e. The number of nitrogens with one attached hydrogen (secondary N) is 1. The second-order valence-electron chi connectivity index (χ2n) is 6.04. The van der Waals surface area contributed by atoms with Gasteiger partial charge in [0.15, 0.2) is 5.82 Å². The predicted molar refractivity (Wildman–Crippen MR) is 95.6 cm³/mol. The zero-order valence-corrected chi connectivity index (χ0v) is 14.7. The number of carbonyl (C=O) groups excluding carboxylic acids is 1. The number of carbonyl (C=O) groups is 1. The van der Waals surface area contributed by atoms with Crippen molar-refractivity contribution in [2.24, 2.45) is 0 Å². The van der Waals surface area contributed by atoms with E-state index in [4.69, 9.17) is 0 Å². The van der Waals surface area contributed by atoms with Crippen LogP contribution in [0, 0.1) is 5.82 Å². The van der Waals surface area contributed by atoms with Crippen molar-refractivity contribution >= 4 is 5.91 Å². The molecule has 3 aromatic rings. The molecular formula is C19H20FN5O. The van der Waals surface area contributed by atoms with E-state index in [1.807, 2.05) is 19.1 Å². The highest BCUT2D eigenvalue weighted by Crippen LogP contribution is 2.18. The lowest BCUT2D eigenvalue weighted by atomic mass is 10.1. The molecule has 1 unspecified atom stereocenters. The second-order valence-corrected chi connectivity index (χ2v) is 6.04. The summed E-state index contributed by atoms with van der Waals surface area (Å²) in [6, 6.07) is 9.56. The molecule has 0 bridgehead atoms. The van der Waals surface area contributed by atoms with Gasteiger partial charge in [0.1, 0.15) is 12.2 Å². The molecule has 0 aliphatic carbocycles. The highest BCUT2D eigenvalue weighted by atomic mass is 19.1. The zero-order chi connectivity index (χ0) is 18.5. The molecule has 7 heteroatoms. The number of hydrogen-bond donors (Lipinski definition) is 1. The Balaban J connectivity index is 1.62. The molecule has 26 heavy (non-hydrogen) atoms. The van der Waals surface area contributed by atoms with Crippen molar-refractivity contribution in [2.75, 3.05) is 0 Å². The van der Waals surface area contributed by atoms with E-state index in [2.05, 4.69) is 39.7 Å². The molecule has 1 amide bonds. The number of rotatable bonds is 6. The Morgan fingerprint density at radius 3 is 2.73 bits per heavy atom. The highest BCUT2D eigenvalue weighted by molar-refractivity contribution is 5.76. The number of aromatic nitrogens is 4. The first-order valence-electron chi connectivity index (χ1n) is 8.45. The van der Waals surface area contributed by atoms with Crippen LogP contribution in [0.4, 0.5) is 4.39 Å². The van der Waals surface area contributed by atoms with Crippen molar-refractivity contribution in [3.05, 3.63) is 65.9 Å². The molecule has 1 aromatic carbocycles. The number of nitrogens with zero attached hydrogens (tertiary/aromatic N) is 4. The number of amides is 1. The van der Waals surface area contributed by atoms with Crippen LogP contribution >= 0.6 is 0 Å². The Labute approximate surface area is 151 Å². The standard InChI is InChI=1S/C19H20FN5O/c1-3-14-4-6-15(7-5-14)13(2)22-19(26)12-25-11-18(23-24-25)16-8-9-21-10-17(16)20/h4-11,13H,3,12H2,1-2H3,(H,22,26). The van der Waals surface area contributed by atoms with Crippen molar-refractivity contribution in [1.29, 1.82) is 0 Å². The van der Waals surface area contributed by atoms with E-state index in [1.165, 1.54) is 22.5 Å². The Hall–Kier alpha value is -3.09. The van der Waals surface area contributed by atoms with Gasteiger partial charge in [0.05, 0.1) is 18.4 Å². The molecule has 3 rings (SSSR count). The minimum Gasteiger partial charge on any atom is -0.348 e. The fourth-order valence-corrected chi connectivity index (χ4v) is 2.64. The minimum absolute atomic E-state index is 0.0110. The van der Waals surface area contributed by atoms with Gasteiger partial charge in [-0.05, 0) is 30.5 Å². The number of aryl methyl sites for hydroxylation is 1. The SMILES string of the molecule is CCc1ccc(C(C)NC(=O)Cn2cc(-c3ccncc3F)nn2)cc1. The van der Waals surface area contributed by atoms with Gasteiger partial charge in [-0.1, -0.05) is 36.4 Å². The van der Waals surface area contributed by atoms with Gasteiger partial charge >= 0.3 is 0 Å². The lowest BCUT2D eigenvalue weighted by Gasteiger charge is -2.14. The minimum atomic E-state index is -0.479. The van der Waals surface area contributed by atoms with Gasteiger partial charge in [-0.2, -0.15) is 0 Å². The predicted octanol–water partition coefficient (Wildman–Crippen LogP) is 2.92. The van der Waals surface area contributed by atoms with E-state index in [-0.39, 0.29) is 18.5 Å². The lowest BCUT2D eigenvalue weighted by Crippen LogP contribution is -2.30. The molecule has 0 radical (unpaired) electrons. The second kappa shape index (κ2) is 7.86. The molecule has 6 nitrogen and oxygen atoms in total. The molecule has 1 atom stereocenters. The summed E-state index contributed by atoms with van der Waals surface area (Å²) in [6.07, 6.45) is 5.12. The Morgan fingerprint density at radius 2 is 2.04 bits per heavy atom. The van der Waals surface area contributed by atoms with E-state index in [1.54, 1.807) is 6.20 Å². The molecule has 134 valence electrons. The summed E-state index contributed by atoms with van der Waals surface area (Å²) < 4.78 is 15.1. The maximum absolute atomic E-state index is 13.7. The van der Waals surface area contributed by atoms with Crippen molar-refractivity contribution in [2.45, 2.75) is 32.9 Å². The lowest BCUT2D eigenvalue weighted by molar-refractivity contribution is -0.122. The first kappa shape index (κ1) is 17.7. The van der Waals surface area contributed by atoms with Crippen molar-refractivity contribution in [3.8, 4) is 11.3 Å². The van der Waals surface area contributed by atoms with Gasteiger partial charge in [-0.25, -0.2) is 9.07 Å². The number of pyridine rings is 1. The van der Waals surface area contributed by atoms with E-state index in [0.717, 1.165) is 18.2 Å². The van der Waals surface area contributed by atoms with Crippen LogP contribution in [0.25, 0.3) is 11.3 Å². The molecule has 0 spiro atoms. The summed E-state index contributed by atoms with van der Waals surface area (Å²) in [5, 5.41) is 10.7. The molecular weight excluding hydrogens is 333 g/mol. The van der Waals surface area contributed by atoms with Crippen LogP contribution in [-0.4, -0.2) is 25.9 Å². The smallest absolute Gasteiger partial charge is 0.242 e. The zero-order valence-electron chi connectivity index (χ0n) is 14.7. The average Bonchev–Trinajstić information content (AvgIpc) is 3.10. The van der Waals surface area contributed by atoms with Crippen molar-refractivity contribution in [3.63, 3.8) is 0 Å². The van der Waals surface area contributed by atoms with Gasteiger partial charge < -0.3 is 5.32 Å². The monoisotopic (exact) mass is 353 g/mol. The molecule has 0 aliphatic heterocycles. The fraction of sp³-hybridized carbons (Fsp3) is 0.263. The molecule has 2 aromatic heterocycles. The summed E-state index contributed by atoms with van der Waals surface area (Å²) in [5.41, 5.74) is 2.95. The van der Waals surface area contributed by atoms with Gasteiger partial charge in [0, 0.05) is 11.8 Å². The number of halogens is 1. The van der Waals surface area contributed by atoms with Crippen LogP contribution in [-0.2, 0) is 17.8 Å². The summed E-state index contributed by atoms with van der Waals surface area (Å²) in [4.78, 5) is 16.0. The molecule has 0 fully saturated rings. The first-order chi connectivity index (χ1) is 12.6. The average molecular weight is 353 g/mol. The normalized spacial score (nSPS) is 12.0. The van der Waals surface area contributed by atoms with Gasteiger partial charge in [-0.15, -0.1) is 5.10 Å². The molecule has 0 saturated carbocycles. The third kappa shape index (κ3) is 4.11. The van der Waals surface area contributed by atoms with Crippen LogP contribution in [0.15, 0.2) is 48.9 Å². The van der Waals surface area contributed by atoms with Crippen molar-refractivity contribution in [1.82, 2.24) is 25.3 Å². The van der Waals surface area contributed by atoms with Gasteiger partial charge in [0.2, 0.25) is 5.91 Å². The highest BCUT2D eigenvalue weighted by Gasteiger charge is 2.13. The molecule has 0 aliphatic rings. The summed E-state index contributed by atoms with van der Waals surface area (Å²) in [6.45, 7) is 4.04. The third-order valence-electron chi connectivity index (χ3n) is 4.16. The Kier molecular flexibility index (Phi) is 5.36. The van der Waals surface area contributed by atoms with Gasteiger partial charge in [0.25, 0.3) is 0 Å². The first-order valence-corrected chi connectivity index (χ1v) is 8.45. The number of hydrogen-bond acceptors (Lipinski definition) is 4. The van der Waals surface area contributed by atoms with E-state index in [9.17, 15) is 9.18 Å². The van der Waals surface area contributed by atoms with E-state index in [0.29, 0.717) is 11.3 Å². The van der Waals surface area contributed by atoms with Gasteiger partial charge in [-0.3, -0.25) is 9.78 Å². The summed E-state index contributed by atoms with van der Waals surface area (Å²) in [5.74, 6) is -0.670. The maximum atomic E-state index is 13.7. The Bertz CT molecular complexity index is 891. The number of benzene rings is 1. The summed E-state index contributed by atoms with van der Waals surface area (Å²) >= 11 is 0. The maximum Gasteiger partial charge on any atom is 0.242 e. The molecule has 0 saturated heterocycles. The van der Waals surface area contributed by atoms with E-state index >= 15 is 0 Å². The quantitative estimate of drug-likeness (QED) is 0.739. The fourth-order valence-electron chi connectivity index (χ4n) is 2.64. The van der Waals surface area contributed by atoms with Crippen LogP contribution in [0.5, 0.6) is 0 Å². The van der Waals surface area contributed by atoms with Crippen LogP contribution in [0.2, 0.25) is 0 Å².